The van der Waals surface area contributed by atoms with Crippen LogP contribution in [-0.2, 0) is 11.2 Å². The van der Waals surface area contributed by atoms with Crippen LogP contribution in [0.2, 0.25) is 0 Å². The second kappa shape index (κ2) is 7.40. The molecule has 0 aliphatic carbocycles. The molecule has 0 aliphatic rings. The molecule has 1 heterocycles. The molecule has 0 aliphatic heterocycles. The largest absolute Gasteiger partial charge is 0.478 e. The molecule has 2 N–H and O–H groups in total. The van der Waals surface area contributed by atoms with Gasteiger partial charge in [-0.05, 0) is 30.2 Å². The Balaban J connectivity index is 1.85. The first-order valence-corrected chi connectivity index (χ1v) is 7.30. The summed E-state index contributed by atoms with van der Waals surface area (Å²) in [7, 11) is 0. The highest BCUT2D eigenvalue weighted by atomic mass is 32.1. The lowest BCUT2D eigenvalue weighted by Crippen LogP contribution is -2.24. The number of carboxylic acid groups (broad SMARTS) is 1. The van der Waals surface area contributed by atoms with Crippen LogP contribution in [0.1, 0.15) is 20.1 Å². The first-order chi connectivity index (χ1) is 10.1. The Morgan fingerprint density at radius 2 is 1.90 bits per heavy atom. The molecule has 5 heteroatoms. The van der Waals surface area contributed by atoms with Crippen molar-refractivity contribution in [1.82, 2.24) is 5.32 Å². The van der Waals surface area contributed by atoms with Gasteiger partial charge in [0.05, 0.1) is 4.88 Å². The van der Waals surface area contributed by atoms with E-state index >= 15 is 0 Å². The number of thiophene rings is 1. The number of carbonyl (C=O) groups excluding carboxylic acids is 1. The quantitative estimate of drug-likeness (QED) is 0.806. The molecule has 0 bridgehead atoms. The molecule has 2 aromatic rings. The van der Waals surface area contributed by atoms with Gasteiger partial charge in [0.15, 0.2) is 0 Å². The molecular weight excluding hydrogens is 286 g/mol. The molecule has 2 rings (SSSR count). The molecule has 1 aromatic carbocycles. The van der Waals surface area contributed by atoms with Crippen molar-refractivity contribution in [2.75, 3.05) is 6.54 Å². The molecule has 1 aromatic heterocycles. The third-order valence-corrected chi connectivity index (χ3v) is 3.83. The van der Waals surface area contributed by atoms with Crippen molar-refractivity contribution in [3.63, 3.8) is 0 Å². The minimum absolute atomic E-state index is 0.133. The fourth-order valence-corrected chi connectivity index (χ4v) is 2.60. The Morgan fingerprint density at radius 1 is 1.14 bits per heavy atom. The predicted molar refractivity (Wildman–Crippen MR) is 83.5 cm³/mol. The fourth-order valence-electron chi connectivity index (χ4n) is 1.77. The van der Waals surface area contributed by atoms with Gasteiger partial charge in [-0.15, -0.1) is 11.3 Å². The lowest BCUT2D eigenvalue weighted by atomic mass is 10.1. The lowest BCUT2D eigenvalue weighted by Gasteiger charge is -2.03. The molecule has 0 saturated heterocycles. The van der Waals surface area contributed by atoms with Crippen LogP contribution in [0.15, 0.2) is 48.5 Å². The average molecular weight is 301 g/mol. The van der Waals surface area contributed by atoms with Crippen LogP contribution < -0.4 is 5.32 Å². The van der Waals surface area contributed by atoms with Gasteiger partial charge in [0.1, 0.15) is 0 Å². The van der Waals surface area contributed by atoms with Crippen molar-refractivity contribution in [3.05, 3.63) is 63.9 Å². The normalized spacial score (nSPS) is 10.7. The molecule has 1 amide bonds. The summed E-state index contributed by atoms with van der Waals surface area (Å²) in [6, 6.07) is 13.4. The Bertz CT molecular complexity index is 647. The van der Waals surface area contributed by atoms with E-state index in [1.54, 1.807) is 12.1 Å². The molecule has 0 fully saturated rings. The first kappa shape index (κ1) is 15.0. The summed E-state index contributed by atoms with van der Waals surface area (Å²) in [5.74, 6) is -1.14. The number of benzene rings is 1. The van der Waals surface area contributed by atoms with E-state index in [0.29, 0.717) is 11.4 Å². The van der Waals surface area contributed by atoms with E-state index in [-0.39, 0.29) is 5.91 Å². The van der Waals surface area contributed by atoms with Crippen molar-refractivity contribution in [2.45, 2.75) is 6.42 Å². The van der Waals surface area contributed by atoms with Gasteiger partial charge >= 0.3 is 5.97 Å². The summed E-state index contributed by atoms with van der Waals surface area (Å²) in [4.78, 5) is 23.7. The maximum atomic E-state index is 11.9. The molecule has 0 unspecified atom stereocenters. The number of carboxylic acids is 1. The predicted octanol–water partition coefficient (Wildman–Crippen LogP) is 2.82. The summed E-state index contributed by atoms with van der Waals surface area (Å²) in [6.07, 6.45) is 3.32. The number of amides is 1. The number of hydrogen-bond acceptors (Lipinski definition) is 3. The smallest absolute Gasteiger partial charge is 0.328 e. The van der Waals surface area contributed by atoms with Crippen LogP contribution in [0.4, 0.5) is 0 Å². The third kappa shape index (κ3) is 4.89. The minimum Gasteiger partial charge on any atom is -0.478 e. The first-order valence-electron chi connectivity index (χ1n) is 6.48. The van der Waals surface area contributed by atoms with Gasteiger partial charge in [-0.2, -0.15) is 0 Å². The standard InChI is InChI=1S/C16H15NO3S/c18-15(19)9-7-13-6-8-14(21-13)16(20)17-11-10-12-4-2-1-3-5-12/h1-9H,10-11H2,(H,17,20)(H,18,19). The van der Waals surface area contributed by atoms with Gasteiger partial charge in [0, 0.05) is 17.5 Å². The molecule has 21 heavy (non-hydrogen) atoms. The van der Waals surface area contributed by atoms with E-state index in [9.17, 15) is 9.59 Å². The zero-order chi connectivity index (χ0) is 15.1. The molecule has 108 valence electrons. The Kier molecular flexibility index (Phi) is 5.29. The van der Waals surface area contributed by atoms with E-state index in [1.807, 2.05) is 30.3 Å². The maximum absolute atomic E-state index is 11.9. The SMILES string of the molecule is O=C(O)C=Cc1ccc(C(=O)NCCc2ccccc2)s1. The van der Waals surface area contributed by atoms with Gasteiger partial charge in [0.2, 0.25) is 0 Å². The van der Waals surface area contributed by atoms with Crippen LogP contribution >= 0.6 is 11.3 Å². The van der Waals surface area contributed by atoms with Crippen molar-refractivity contribution < 1.29 is 14.7 Å². The van der Waals surface area contributed by atoms with Crippen LogP contribution in [0.5, 0.6) is 0 Å². The zero-order valence-electron chi connectivity index (χ0n) is 11.3. The topological polar surface area (TPSA) is 66.4 Å². The third-order valence-electron chi connectivity index (χ3n) is 2.78. The van der Waals surface area contributed by atoms with E-state index in [0.717, 1.165) is 17.4 Å². The lowest BCUT2D eigenvalue weighted by molar-refractivity contribution is -0.131. The van der Waals surface area contributed by atoms with E-state index in [1.165, 1.54) is 23.0 Å². The molecule has 0 saturated carbocycles. The average Bonchev–Trinajstić information content (AvgIpc) is 2.95. The van der Waals surface area contributed by atoms with E-state index in [2.05, 4.69) is 5.32 Å². The molecular formula is C16H15NO3S. The Labute approximate surface area is 126 Å². The van der Waals surface area contributed by atoms with Gasteiger partial charge < -0.3 is 10.4 Å². The minimum atomic E-state index is -1.00. The van der Waals surface area contributed by atoms with Crippen LogP contribution in [0, 0.1) is 0 Å². The molecule has 0 atom stereocenters. The summed E-state index contributed by atoms with van der Waals surface area (Å²) >= 11 is 1.27. The van der Waals surface area contributed by atoms with Gasteiger partial charge in [-0.25, -0.2) is 4.79 Å². The van der Waals surface area contributed by atoms with Crippen molar-refractivity contribution in [1.29, 1.82) is 0 Å². The second-order valence-corrected chi connectivity index (χ2v) is 5.48. The number of rotatable bonds is 6. The fraction of sp³-hybridized carbons (Fsp3) is 0.125. The van der Waals surface area contributed by atoms with Gasteiger partial charge in [-0.1, -0.05) is 30.3 Å². The van der Waals surface area contributed by atoms with Crippen LogP contribution in [-0.4, -0.2) is 23.5 Å². The zero-order valence-corrected chi connectivity index (χ0v) is 12.1. The number of nitrogens with one attached hydrogen (secondary N) is 1. The number of aliphatic carboxylic acids is 1. The van der Waals surface area contributed by atoms with E-state index < -0.39 is 5.97 Å². The second-order valence-electron chi connectivity index (χ2n) is 4.37. The summed E-state index contributed by atoms with van der Waals surface area (Å²) < 4.78 is 0. The van der Waals surface area contributed by atoms with Crippen molar-refractivity contribution >= 4 is 29.3 Å². The van der Waals surface area contributed by atoms with Crippen molar-refractivity contribution in [2.24, 2.45) is 0 Å². The molecule has 0 spiro atoms. The van der Waals surface area contributed by atoms with Crippen LogP contribution in [0.25, 0.3) is 6.08 Å². The highest BCUT2D eigenvalue weighted by molar-refractivity contribution is 7.14. The van der Waals surface area contributed by atoms with Gasteiger partial charge in [0.25, 0.3) is 5.91 Å². The van der Waals surface area contributed by atoms with E-state index in [4.69, 9.17) is 5.11 Å². The van der Waals surface area contributed by atoms with Gasteiger partial charge in [-0.3, -0.25) is 4.79 Å². The molecule has 0 radical (unpaired) electrons. The monoisotopic (exact) mass is 301 g/mol. The number of carbonyl (C=O) groups is 2. The Hall–Kier alpha value is -2.40. The summed E-state index contributed by atoms with van der Waals surface area (Å²) in [5.41, 5.74) is 1.18. The summed E-state index contributed by atoms with van der Waals surface area (Å²) in [5, 5.41) is 11.4. The van der Waals surface area contributed by atoms with Crippen molar-refractivity contribution in [3.8, 4) is 0 Å². The summed E-state index contributed by atoms with van der Waals surface area (Å²) in [6.45, 7) is 0.570. The van der Waals surface area contributed by atoms with Crippen LogP contribution in [0.3, 0.4) is 0 Å². The maximum Gasteiger partial charge on any atom is 0.328 e. The Morgan fingerprint density at radius 3 is 2.62 bits per heavy atom. The number of hydrogen-bond donors (Lipinski definition) is 2. The highest BCUT2D eigenvalue weighted by Crippen LogP contribution is 2.17. The highest BCUT2D eigenvalue weighted by Gasteiger charge is 2.07. The molecule has 4 nitrogen and oxygen atoms in total.